The molecular weight excluding hydrogens is 417 g/mol. The number of anilines is 2. The predicted octanol–water partition coefficient (Wildman–Crippen LogP) is 5.19. The number of hydrogen-bond acceptors (Lipinski definition) is 4. The molecule has 0 saturated carbocycles. The van der Waals surface area contributed by atoms with Crippen molar-refractivity contribution < 1.29 is 13.9 Å². The number of fused-ring (bicyclic) bond motifs is 1. The number of rotatable bonds is 6. The number of carbonyl (C=O) groups is 1. The third kappa shape index (κ3) is 4.50. The number of benzene rings is 3. The number of nitrogens with one attached hydrogen (secondary N) is 1. The quantitative estimate of drug-likeness (QED) is 0.574. The van der Waals surface area contributed by atoms with E-state index in [0.717, 1.165) is 23.5 Å². The summed E-state index contributed by atoms with van der Waals surface area (Å²) in [5.74, 6) is 0.0843. The van der Waals surface area contributed by atoms with Crippen LogP contribution in [0.25, 0.3) is 0 Å². The average molecular weight is 440 g/mol. The first-order chi connectivity index (χ1) is 14.9. The Bertz CT molecular complexity index is 1090. The molecule has 3 aromatic carbocycles. The Morgan fingerprint density at radius 3 is 2.55 bits per heavy atom. The van der Waals surface area contributed by atoms with Crippen molar-refractivity contribution >= 4 is 28.9 Å². The molecule has 31 heavy (non-hydrogen) atoms. The maximum atomic E-state index is 13.6. The Morgan fingerprint density at radius 2 is 1.84 bits per heavy atom. The number of halogens is 2. The number of para-hydroxylation sites is 1. The molecule has 1 unspecified atom stereocenters. The molecule has 5 nitrogen and oxygen atoms in total. The minimum Gasteiger partial charge on any atom is -0.492 e. The molecule has 1 heterocycles. The summed E-state index contributed by atoms with van der Waals surface area (Å²) >= 11 is 6.33. The van der Waals surface area contributed by atoms with E-state index >= 15 is 0 Å². The molecule has 0 saturated heterocycles. The number of nitrogens with zero attached hydrogens (tertiary/aromatic N) is 2. The first-order valence-electron chi connectivity index (χ1n) is 9.96. The zero-order valence-electron chi connectivity index (χ0n) is 17.3. The summed E-state index contributed by atoms with van der Waals surface area (Å²) in [5.41, 5.74) is 2.55. The number of carbonyl (C=O) groups excluding carboxylic acids is 1. The lowest BCUT2D eigenvalue weighted by molar-refractivity contribution is 0.0975. The number of likely N-dealkylation sites (N-methyl/N-ethyl adjacent to an activating group) is 1. The highest BCUT2D eigenvalue weighted by Crippen LogP contribution is 2.39. The summed E-state index contributed by atoms with van der Waals surface area (Å²) in [6.45, 7) is 1.39. The molecule has 3 aromatic rings. The van der Waals surface area contributed by atoms with Crippen LogP contribution in [0.2, 0.25) is 5.02 Å². The van der Waals surface area contributed by atoms with Gasteiger partial charge < -0.3 is 15.0 Å². The van der Waals surface area contributed by atoms with Gasteiger partial charge in [-0.25, -0.2) is 4.39 Å². The molecule has 0 fully saturated rings. The van der Waals surface area contributed by atoms with Gasteiger partial charge in [-0.05, 0) is 62.1 Å². The molecule has 7 heteroatoms. The normalized spacial score (nSPS) is 15.6. The van der Waals surface area contributed by atoms with Crippen LogP contribution in [-0.4, -0.2) is 38.1 Å². The Balaban J connectivity index is 1.69. The fraction of sp³-hybridized carbons (Fsp3) is 0.208. The van der Waals surface area contributed by atoms with E-state index in [1.54, 1.807) is 11.0 Å². The van der Waals surface area contributed by atoms with Gasteiger partial charge in [0.05, 0.1) is 16.3 Å². The third-order valence-corrected chi connectivity index (χ3v) is 5.40. The first kappa shape index (κ1) is 21.2. The van der Waals surface area contributed by atoms with Gasteiger partial charge in [-0.15, -0.1) is 0 Å². The SMILES string of the molecule is CN(C)CCOc1ccc(C2Nc3ccccc3C(=O)N2c2ccc(F)cc2Cl)cc1. The van der Waals surface area contributed by atoms with Gasteiger partial charge in [-0.2, -0.15) is 0 Å². The van der Waals surface area contributed by atoms with Crippen molar-refractivity contribution in [3.8, 4) is 5.75 Å². The van der Waals surface area contributed by atoms with Gasteiger partial charge >= 0.3 is 0 Å². The molecule has 160 valence electrons. The van der Waals surface area contributed by atoms with Crippen LogP contribution in [0, 0.1) is 5.82 Å². The molecule has 0 spiro atoms. The maximum absolute atomic E-state index is 13.6. The minimum atomic E-state index is -0.513. The van der Waals surface area contributed by atoms with Crippen molar-refractivity contribution in [2.24, 2.45) is 0 Å². The lowest BCUT2D eigenvalue weighted by Crippen LogP contribution is -2.43. The van der Waals surface area contributed by atoms with Gasteiger partial charge in [-0.1, -0.05) is 35.9 Å². The highest BCUT2D eigenvalue weighted by molar-refractivity contribution is 6.34. The topological polar surface area (TPSA) is 44.8 Å². The zero-order chi connectivity index (χ0) is 22.0. The van der Waals surface area contributed by atoms with E-state index in [2.05, 4.69) is 5.32 Å². The lowest BCUT2D eigenvalue weighted by Gasteiger charge is -2.38. The molecular formula is C24H23ClFN3O2. The summed E-state index contributed by atoms with van der Waals surface area (Å²) in [4.78, 5) is 17.0. The summed E-state index contributed by atoms with van der Waals surface area (Å²) in [6.07, 6.45) is -0.513. The van der Waals surface area contributed by atoms with Crippen LogP contribution in [0.15, 0.2) is 66.7 Å². The van der Waals surface area contributed by atoms with Crippen molar-refractivity contribution in [1.29, 1.82) is 0 Å². The van der Waals surface area contributed by atoms with Crippen LogP contribution in [0.3, 0.4) is 0 Å². The molecule has 0 aliphatic carbocycles. The lowest BCUT2D eigenvalue weighted by atomic mass is 10.0. The standard InChI is InChI=1S/C24H23ClFN3O2/c1-28(2)13-14-31-18-10-7-16(8-11-18)23-27-21-6-4-3-5-19(21)24(30)29(23)22-12-9-17(26)15-20(22)25/h3-12,15,23,27H,13-14H2,1-2H3. The molecule has 1 amide bonds. The maximum Gasteiger partial charge on any atom is 0.262 e. The van der Waals surface area contributed by atoms with E-state index < -0.39 is 12.0 Å². The smallest absolute Gasteiger partial charge is 0.262 e. The van der Waals surface area contributed by atoms with Gasteiger partial charge in [0, 0.05) is 12.2 Å². The second-order valence-electron chi connectivity index (χ2n) is 7.58. The van der Waals surface area contributed by atoms with Crippen LogP contribution >= 0.6 is 11.6 Å². The fourth-order valence-electron chi connectivity index (χ4n) is 3.50. The second-order valence-corrected chi connectivity index (χ2v) is 7.99. The molecule has 1 aliphatic rings. The minimum absolute atomic E-state index is 0.170. The largest absolute Gasteiger partial charge is 0.492 e. The molecule has 1 N–H and O–H groups in total. The highest BCUT2D eigenvalue weighted by atomic mass is 35.5. The van der Waals surface area contributed by atoms with E-state index in [1.807, 2.05) is 61.5 Å². The molecule has 4 rings (SSSR count). The van der Waals surface area contributed by atoms with E-state index in [-0.39, 0.29) is 10.9 Å². The number of amides is 1. The third-order valence-electron chi connectivity index (χ3n) is 5.10. The fourth-order valence-corrected chi connectivity index (χ4v) is 3.76. The number of hydrogen-bond donors (Lipinski definition) is 1. The van der Waals surface area contributed by atoms with Crippen LogP contribution in [0.5, 0.6) is 5.75 Å². The Hall–Kier alpha value is -3.09. The van der Waals surface area contributed by atoms with Crippen LogP contribution in [-0.2, 0) is 0 Å². The van der Waals surface area contributed by atoms with Crippen LogP contribution in [0.4, 0.5) is 15.8 Å². The van der Waals surface area contributed by atoms with Gasteiger partial charge in [0.2, 0.25) is 0 Å². The molecule has 0 radical (unpaired) electrons. The van der Waals surface area contributed by atoms with Crippen LogP contribution < -0.4 is 15.0 Å². The van der Waals surface area contributed by atoms with E-state index in [9.17, 15) is 9.18 Å². The summed E-state index contributed by atoms with van der Waals surface area (Å²) < 4.78 is 19.4. The van der Waals surface area contributed by atoms with Crippen molar-refractivity contribution in [3.05, 3.63) is 88.7 Å². The summed E-state index contributed by atoms with van der Waals surface area (Å²) in [6, 6.07) is 18.9. The molecule has 0 aromatic heterocycles. The summed E-state index contributed by atoms with van der Waals surface area (Å²) in [5, 5.41) is 3.59. The predicted molar refractivity (Wildman–Crippen MR) is 122 cm³/mol. The Morgan fingerprint density at radius 1 is 1.10 bits per heavy atom. The van der Waals surface area contributed by atoms with E-state index in [1.165, 1.54) is 18.2 Å². The number of ether oxygens (including phenoxy) is 1. The highest BCUT2D eigenvalue weighted by Gasteiger charge is 2.35. The van der Waals surface area contributed by atoms with Crippen LogP contribution in [0.1, 0.15) is 22.1 Å². The van der Waals surface area contributed by atoms with Gasteiger partial charge in [0.15, 0.2) is 0 Å². The van der Waals surface area contributed by atoms with Crippen molar-refractivity contribution in [2.45, 2.75) is 6.17 Å². The van der Waals surface area contributed by atoms with Crippen molar-refractivity contribution in [3.63, 3.8) is 0 Å². The Kier molecular flexibility index (Phi) is 6.11. The molecule has 1 atom stereocenters. The van der Waals surface area contributed by atoms with E-state index in [4.69, 9.17) is 16.3 Å². The Labute approximate surface area is 186 Å². The summed E-state index contributed by atoms with van der Waals surface area (Å²) in [7, 11) is 3.98. The first-order valence-corrected chi connectivity index (χ1v) is 10.3. The van der Waals surface area contributed by atoms with Gasteiger partial charge in [0.25, 0.3) is 5.91 Å². The molecule has 0 bridgehead atoms. The van der Waals surface area contributed by atoms with Gasteiger partial charge in [-0.3, -0.25) is 9.69 Å². The van der Waals surface area contributed by atoms with E-state index in [0.29, 0.717) is 17.9 Å². The monoisotopic (exact) mass is 439 g/mol. The molecule has 1 aliphatic heterocycles. The van der Waals surface area contributed by atoms with Crippen molar-refractivity contribution in [2.75, 3.05) is 37.5 Å². The average Bonchev–Trinajstić information content (AvgIpc) is 2.75. The van der Waals surface area contributed by atoms with Gasteiger partial charge in [0.1, 0.15) is 24.3 Å². The van der Waals surface area contributed by atoms with Crippen molar-refractivity contribution in [1.82, 2.24) is 4.90 Å². The second kappa shape index (κ2) is 8.96. The zero-order valence-corrected chi connectivity index (χ0v) is 18.1.